The fraction of sp³-hybridized carbons (Fsp3) is 0.148. The second-order valence-electron chi connectivity index (χ2n) is 8.19. The van der Waals surface area contributed by atoms with E-state index in [1.165, 1.54) is 11.1 Å². The van der Waals surface area contributed by atoms with E-state index in [4.69, 9.17) is 21.7 Å². The molecule has 1 aliphatic heterocycles. The number of hydrogen-bond acceptors (Lipinski definition) is 4. The van der Waals surface area contributed by atoms with E-state index in [1.807, 2.05) is 53.4 Å². The number of aromatic nitrogens is 2. The summed E-state index contributed by atoms with van der Waals surface area (Å²) in [7, 11) is 0. The first-order valence-corrected chi connectivity index (χ1v) is 11.3. The van der Waals surface area contributed by atoms with Crippen LogP contribution in [0.1, 0.15) is 35.5 Å². The van der Waals surface area contributed by atoms with E-state index in [0.717, 1.165) is 28.1 Å². The quantitative estimate of drug-likeness (QED) is 0.371. The minimum absolute atomic E-state index is 0.203. The highest BCUT2D eigenvalue weighted by Crippen LogP contribution is 2.39. The van der Waals surface area contributed by atoms with Crippen molar-refractivity contribution >= 4 is 28.6 Å². The molecule has 0 fully saturated rings. The predicted molar refractivity (Wildman–Crippen MR) is 136 cm³/mol. The lowest BCUT2D eigenvalue weighted by molar-refractivity contribution is 0.404. The van der Waals surface area contributed by atoms with Gasteiger partial charge in [0.1, 0.15) is 0 Å². The van der Waals surface area contributed by atoms with Crippen LogP contribution in [0.5, 0.6) is 0 Å². The van der Waals surface area contributed by atoms with Crippen LogP contribution in [0.4, 0.5) is 5.69 Å². The predicted octanol–water partition coefficient (Wildman–Crippen LogP) is 6.22. The van der Waals surface area contributed by atoms with Gasteiger partial charge in [-0.2, -0.15) is 4.98 Å². The van der Waals surface area contributed by atoms with Crippen molar-refractivity contribution in [2.75, 3.05) is 4.90 Å². The largest absolute Gasteiger partial charge is 0.351 e. The highest BCUT2D eigenvalue weighted by Gasteiger charge is 2.34. The number of thiocarbonyl (C=S) groups is 1. The summed E-state index contributed by atoms with van der Waals surface area (Å²) in [5.74, 6) is 1.03. The van der Waals surface area contributed by atoms with Crippen LogP contribution in [0.25, 0.3) is 17.0 Å². The van der Waals surface area contributed by atoms with Crippen LogP contribution in [0.3, 0.4) is 0 Å². The number of nitrogens with one attached hydrogen (secondary N) is 1. The number of rotatable bonds is 4. The zero-order valence-electron chi connectivity index (χ0n) is 18.7. The number of aryl methyl sites for hydroxylation is 2. The average molecular weight is 453 g/mol. The van der Waals surface area contributed by atoms with Crippen LogP contribution in [0.15, 0.2) is 89.1 Å². The summed E-state index contributed by atoms with van der Waals surface area (Å²) in [5.41, 5.74) is 7.30. The van der Waals surface area contributed by atoms with Gasteiger partial charge in [0, 0.05) is 16.9 Å². The first-order chi connectivity index (χ1) is 16.0. The van der Waals surface area contributed by atoms with Crippen LogP contribution >= 0.6 is 12.2 Å². The Kier molecular flexibility index (Phi) is 5.52. The highest BCUT2D eigenvalue weighted by atomic mass is 32.1. The normalized spacial score (nSPS) is 16.2. The lowest BCUT2D eigenvalue weighted by Crippen LogP contribution is -2.46. The van der Waals surface area contributed by atoms with Crippen molar-refractivity contribution in [3.63, 3.8) is 0 Å². The molecule has 0 saturated carbocycles. The topological polar surface area (TPSA) is 54.2 Å². The monoisotopic (exact) mass is 452 g/mol. The number of benzene rings is 3. The van der Waals surface area contributed by atoms with Gasteiger partial charge in [-0.05, 0) is 61.8 Å². The second-order valence-corrected chi connectivity index (χ2v) is 8.57. The first-order valence-electron chi connectivity index (χ1n) is 10.9. The summed E-state index contributed by atoms with van der Waals surface area (Å²) in [6.45, 7) is 6.27. The first kappa shape index (κ1) is 21.1. The van der Waals surface area contributed by atoms with Crippen molar-refractivity contribution in [1.29, 1.82) is 0 Å². The van der Waals surface area contributed by atoms with Gasteiger partial charge in [-0.3, -0.25) is 4.90 Å². The summed E-state index contributed by atoms with van der Waals surface area (Å²) < 4.78 is 5.81. The lowest BCUT2D eigenvalue weighted by atomic mass is 9.94. The third-order valence-electron chi connectivity index (χ3n) is 6.05. The molecule has 5 nitrogen and oxygen atoms in total. The van der Waals surface area contributed by atoms with Crippen molar-refractivity contribution in [1.82, 2.24) is 15.5 Å². The molecule has 0 bridgehead atoms. The maximum atomic E-state index is 5.84. The van der Waals surface area contributed by atoms with Crippen molar-refractivity contribution in [2.45, 2.75) is 26.8 Å². The Morgan fingerprint density at radius 2 is 1.58 bits per heavy atom. The zero-order valence-corrected chi connectivity index (χ0v) is 19.6. The van der Waals surface area contributed by atoms with Gasteiger partial charge < -0.3 is 9.84 Å². The van der Waals surface area contributed by atoms with E-state index in [1.54, 1.807) is 0 Å². The third-order valence-corrected chi connectivity index (χ3v) is 6.36. The van der Waals surface area contributed by atoms with Crippen molar-refractivity contribution < 1.29 is 4.52 Å². The minimum Gasteiger partial charge on any atom is -0.351 e. The fourth-order valence-corrected chi connectivity index (χ4v) is 4.49. The lowest BCUT2D eigenvalue weighted by Gasteiger charge is -2.37. The fourth-order valence-electron chi connectivity index (χ4n) is 4.13. The maximum Gasteiger partial charge on any atom is 0.258 e. The Balaban J connectivity index is 1.66. The van der Waals surface area contributed by atoms with Crippen LogP contribution in [0.2, 0.25) is 0 Å². The number of nitrogens with zero attached hydrogens (tertiary/aromatic N) is 3. The molecular formula is C27H24N4OS. The molecule has 0 amide bonds. The molecule has 1 atom stereocenters. The summed E-state index contributed by atoms with van der Waals surface area (Å²) >= 11 is 5.84. The molecule has 5 rings (SSSR count). The van der Waals surface area contributed by atoms with Gasteiger partial charge in [0.2, 0.25) is 5.82 Å². The molecule has 6 heteroatoms. The van der Waals surface area contributed by atoms with E-state index in [9.17, 15) is 0 Å². The van der Waals surface area contributed by atoms with Gasteiger partial charge in [0.25, 0.3) is 5.89 Å². The molecule has 4 aromatic rings. The van der Waals surface area contributed by atoms with Gasteiger partial charge in [-0.15, -0.1) is 0 Å². The van der Waals surface area contributed by atoms with Gasteiger partial charge in [-0.25, -0.2) is 0 Å². The summed E-state index contributed by atoms with van der Waals surface area (Å²) in [6, 6.07) is 26.2. The van der Waals surface area contributed by atoms with Crippen molar-refractivity contribution in [3.8, 4) is 11.4 Å². The van der Waals surface area contributed by atoms with E-state index in [-0.39, 0.29) is 6.04 Å². The molecule has 0 spiro atoms. The molecule has 0 saturated heterocycles. The maximum absolute atomic E-state index is 5.84. The molecule has 33 heavy (non-hydrogen) atoms. The Labute approximate surface area is 198 Å². The minimum atomic E-state index is -0.203. The molecule has 1 aromatic heterocycles. The van der Waals surface area contributed by atoms with Gasteiger partial charge in [-0.1, -0.05) is 71.9 Å². The molecular weight excluding hydrogens is 428 g/mol. The smallest absolute Gasteiger partial charge is 0.258 e. The Morgan fingerprint density at radius 1 is 0.879 bits per heavy atom. The molecule has 1 unspecified atom stereocenters. The van der Waals surface area contributed by atoms with Gasteiger partial charge >= 0.3 is 0 Å². The number of anilines is 1. The second kappa shape index (κ2) is 8.64. The molecule has 2 heterocycles. The molecule has 0 aliphatic carbocycles. The summed E-state index contributed by atoms with van der Waals surface area (Å²) in [6.07, 6.45) is 0. The van der Waals surface area contributed by atoms with Crippen molar-refractivity contribution in [3.05, 3.63) is 107 Å². The zero-order chi connectivity index (χ0) is 22.9. The third kappa shape index (κ3) is 3.94. The Morgan fingerprint density at radius 3 is 2.27 bits per heavy atom. The standard InChI is InChI=1S/C27H24N4OS/c1-17-14-15-22(16-18(17)2)31-19(3)23(24(28-27(31)33)20-10-6-4-7-11-20)26-29-25(30-32-26)21-12-8-5-9-13-21/h4-16,24H,1-3H3,(H,28,33). The van der Waals surface area contributed by atoms with E-state index >= 15 is 0 Å². The van der Waals surface area contributed by atoms with E-state index in [0.29, 0.717) is 16.8 Å². The van der Waals surface area contributed by atoms with E-state index in [2.05, 4.69) is 61.6 Å². The number of hydrogen-bond donors (Lipinski definition) is 1. The van der Waals surface area contributed by atoms with Crippen molar-refractivity contribution in [2.24, 2.45) is 0 Å². The molecule has 164 valence electrons. The Hall–Kier alpha value is -3.77. The van der Waals surface area contributed by atoms with Crippen LogP contribution in [-0.2, 0) is 0 Å². The van der Waals surface area contributed by atoms with Gasteiger partial charge in [0.15, 0.2) is 5.11 Å². The molecule has 3 aromatic carbocycles. The summed E-state index contributed by atoms with van der Waals surface area (Å²) in [5, 5.41) is 8.42. The summed E-state index contributed by atoms with van der Waals surface area (Å²) in [4.78, 5) is 6.81. The number of allylic oxidation sites excluding steroid dienone is 1. The molecule has 1 aliphatic rings. The molecule has 1 N–H and O–H groups in total. The highest BCUT2D eigenvalue weighted by molar-refractivity contribution is 7.80. The molecule has 0 radical (unpaired) electrons. The van der Waals surface area contributed by atoms with Crippen LogP contribution < -0.4 is 10.2 Å². The SMILES string of the molecule is CC1=C(c2nc(-c3ccccc3)no2)C(c2ccccc2)NC(=S)N1c1ccc(C)c(C)c1. The average Bonchev–Trinajstić information content (AvgIpc) is 3.32. The van der Waals surface area contributed by atoms with Crippen LogP contribution in [0, 0.1) is 13.8 Å². The Bertz CT molecular complexity index is 1350. The van der Waals surface area contributed by atoms with E-state index < -0.39 is 0 Å². The van der Waals surface area contributed by atoms with Gasteiger partial charge in [0.05, 0.1) is 11.6 Å². The van der Waals surface area contributed by atoms with Crippen LogP contribution in [-0.4, -0.2) is 15.3 Å².